The van der Waals surface area contributed by atoms with Crippen LogP contribution in [-0.4, -0.2) is 46.1 Å². The molecule has 1 N–H and O–H groups in total. The zero-order valence-electron chi connectivity index (χ0n) is 15.8. The molecular weight excluding hydrogens is 364 g/mol. The largest absolute Gasteiger partial charge is 0.493 e. The highest BCUT2D eigenvalue weighted by atomic mass is 32.2. The molecule has 0 atom stereocenters. The van der Waals surface area contributed by atoms with E-state index in [2.05, 4.69) is 22.3 Å². The number of fused-ring (bicyclic) bond motifs is 1. The highest BCUT2D eigenvalue weighted by molar-refractivity contribution is 7.99. The average Bonchev–Trinajstić information content (AvgIpc) is 2.71. The molecule has 2 aromatic carbocycles. The van der Waals surface area contributed by atoms with Crippen LogP contribution in [0.4, 0.5) is 5.69 Å². The van der Waals surface area contributed by atoms with Crippen LogP contribution in [0.25, 0.3) is 0 Å². The molecule has 0 aliphatic carbocycles. The summed E-state index contributed by atoms with van der Waals surface area (Å²) in [5, 5.41) is 2.98. The number of benzene rings is 2. The van der Waals surface area contributed by atoms with Gasteiger partial charge in [-0.2, -0.15) is 0 Å². The second-order valence-corrected chi connectivity index (χ2v) is 7.18. The number of amides is 1. The van der Waals surface area contributed by atoms with Crippen molar-refractivity contribution in [2.45, 2.75) is 11.4 Å². The number of ether oxygens (including phenoxy) is 3. The van der Waals surface area contributed by atoms with E-state index in [0.717, 1.165) is 23.5 Å². The van der Waals surface area contributed by atoms with Crippen molar-refractivity contribution in [2.24, 2.45) is 0 Å². The number of hydrogen-bond acceptors (Lipinski definition) is 6. The molecule has 1 heterocycles. The van der Waals surface area contributed by atoms with Gasteiger partial charge in [0.1, 0.15) is 0 Å². The Morgan fingerprint density at radius 2 is 1.81 bits per heavy atom. The minimum absolute atomic E-state index is 0.0227. The summed E-state index contributed by atoms with van der Waals surface area (Å²) in [4.78, 5) is 15.8. The maximum atomic E-state index is 12.5. The Kier molecular flexibility index (Phi) is 6.34. The number of anilines is 1. The van der Waals surface area contributed by atoms with Crippen LogP contribution in [-0.2, 0) is 11.3 Å². The Labute approximate surface area is 163 Å². The highest BCUT2D eigenvalue weighted by Crippen LogP contribution is 2.38. The third-order valence-corrected chi connectivity index (χ3v) is 5.42. The number of carbonyl (C=O) groups is 1. The van der Waals surface area contributed by atoms with E-state index in [0.29, 0.717) is 30.3 Å². The number of rotatable bonds is 7. The fourth-order valence-electron chi connectivity index (χ4n) is 3.06. The molecule has 3 rings (SSSR count). The molecule has 1 aliphatic rings. The molecule has 0 bridgehead atoms. The fraction of sp³-hybridized carbons (Fsp3) is 0.350. The Hall–Kier alpha value is -2.54. The van der Waals surface area contributed by atoms with Gasteiger partial charge in [-0.15, -0.1) is 11.8 Å². The van der Waals surface area contributed by atoms with Crippen molar-refractivity contribution >= 4 is 23.4 Å². The third kappa shape index (κ3) is 4.42. The van der Waals surface area contributed by atoms with Crippen LogP contribution in [0.2, 0.25) is 0 Å². The van der Waals surface area contributed by atoms with Gasteiger partial charge in [0, 0.05) is 23.7 Å². The number of hydrogen-bond donors (Lipinski definition) is 1. The molecule has 1 amide bonds. The molecule has 0 fully saturated rings. The van der Waals surface area contributed by atoms with E-state index in [1.807, 2.05) is 36.0 Å². The monoisotopic (exact) mass is 388 g/mol. The van der Waals surface area contributed by atoms with Gasteiger partial charge in [0.05, 0.1) is 33.6 Å². The quantitative estimate of drug-likeness (QED) is 0.787. The van der Waals surface area contributed by atoms with Crippen LogP contribution in [0.15, 0.2) is 41.3 Å². The standard InChI is InChI=1S/C20H24N2O4S/c1-24-16-10-14(11-17(25-2)20(16)26-3)12-21-19(23)13-22-8-9-27-18-7-5-4-6-15(18)22/h4-7,10-11H,8-9,12-13H2,1-3H3,(H,21,23). The fourth-order valence-corrected chi connectivity index (χ4v) is 4.11. The maximum absolute atomic E-state index is 12.5. The molecule has 2 aromatic rings. The number of methoxy groups -OCH3 is 3. The topological polar surface area (TPSA) is 60.0 Å². The van der Waals surface area contributed by atoms with Crippen molar-refractivity contribution in [3.8, 4) is 17.2 Å². The lowest BCUT2D eigenvalue weighted by Crippen LogP contribution is -2.39. The molecule has 0 saturated carbocycles. The van der Waals surface area contributed by atoms with E-state index < -0.39 is 0 Å². The van der Waals surface area contributed by atoms with Crippen molar-refractivity contribution in [2.75, 3.05) is 45.1 Å². The van der Waals surface area contributed by atoms with E-state index in [1.165, 1.54) is 4.90 Å². The van der Waals surface area contributed by atoms with Gasteiger partial charge in [0.15, 0.2) is 11.5 Å². The first-order valence-corrected chi connectivity index (χ1v) is 9.67. The number of para-hydroxylation sites is 1. The zero-order chi connectivity index (χ0) is 19.2. The van der Waals surface area contributed by atoms with Crippen molar-refractivity contribution in [3.63, 3.8) is 0 Å². The molecule has 1 aliphatic heterocycles. The van der Waals surface area contributed by atoms with Crippen LogP contribution in [0.1, 0.15) is 5.56 Å². The predicted molar refractivity (Wildman–Crippen MR) is 107 cm³/mol. The summed E-state index contributed by atoms with van der Waals surface area (Å²) in [5.74, 6) is 2.64. The van der Waals surface area contributed by atoms with Gasteiger partial charge in [-0.25, -0.2) is 0 Å². The van der Waals surface area contributed by atoms with Gasteiger partial charge < -0.3 is 24.4 Å². The normalized spacial score (nSPS) is 12.9. The van der Waals surface area contributed by atoms with Crippen LogP contribution in [0.3, 0.4) is 0 Å². The van der Waals surface area contributed by atoms with Gasteiger partial charge >= 0.3 is 0 Å². The molecule has 0 aromatic heterocycles. The smallest absolute Gasteiger partial charge is 0.239 e. The molecule has 27 heavy (non-hydrogen) atoms. The van der Waals surface area contributed by atoms with E-state index in [-0.39, 0.29) is 5.91 Å². The van der Waals surface area contributed by atoms with Crippen molar-refractivity contribution in [1.82, 2.24) is 5.32 Å². The predicted octanol–water partition coefficient (Wildman–Crippen LogP) is 2.94. The van der Waals surface area contributed by atoms with Crippen molar-refractivity contribution in [3.05, 3.63) is 42.0 Å². The zero-order valence-corrected chi connectivity index (χ0v) is 16.6. The summed E-state index contributed by atoms with van der Waals surface area (Å²) in [7, 11) is 4.72. The molecular formula is C20H24N2O4S. The summed E-state index contributed by atoms with van der Waals surface area (Å²) in [5.41, 5.74) is 2.00. The first-order valence-electron chi connectivity index (χ1n) is 8.68. The number of nitrogens with zero attached hydrogens (tertiary/aromatic N) is 1. The number of nitrogens with one attached hydrogen (secondary N) is 1. The Balaban J connectivity index is 1.65. The lowest BCUT2D eigenvalue weighted by molar-refractivity contribution is -0.119. The van der Waals surface area contributed by atoms with Crippen LogP contribution >= 0.6 is 11.8 Å². The molecule has 0 radical (unpaired) electrons. The minimum atomic E-state index is -0.0227. The van der Waals surface area contributed by atoms with E-state index in [4.69, 9.17) is 14.2 Å². The van der Waals surface area contributed by atoms with Gasteiger partial charge in [0.2, 0.25) is 11.7 Å². The Morgan fingerprint density at radius 1 is 1.11 bits per heavy atom. The first-order chi connectivity index (χ1) is 13.2. The van der Waals surface area contributed by atoms with Gasteiger partial charge in [-0.05, 0) is 29.8 Å². The number of carbonyl (C=O) groups excluding carboxylic acids is 1. The summed E-state index contributed by atoms with van der Waals surface area (Å²) in [6.45, 7) is 1.58. The molecule has 0 spiro atoms. The van der Waals surface area contributed by atoms with Crippen LogP contribution < -0.4 is 24.4 Å². The molecule has 0 unspecified atom stereocenters. The first kappa shape index (κ1) is 19.2. The molecule has 7 heteroatoms. The molecule has 6 nitrogen and oxygen atoms in total. The van der Waals surface area contributed by atoms with E-state index >= 15 is 0 Å². The van der Waals surface area contributed by atoms with Gasteiger partial charge in [0.25, 0.3) is 0 Å². The van der Waals surface area contributed by atoms with E-state index in [9.17, 15) is 4.79 Å². The molecule has 0 saturated heterocycles. The van der Waals surface area contributed by atoms with Crippen molar-refractivity contribution < 1.29 is 19.0 Å². The maximum Gasteiger partial charge on any atom is 0.239 e. The summed E-state index contributed by atoms with van der Waals surface area (Å²) < 4.78 is 16.0. The number of thioether (sulfide) groups is 1. The second kappa shape index (κ2) is 8.90. The van der Waals surface area contributed by atoms with E-state index in [1.54, 1.807) is 21.3 Å². The Bertz CT molecular complexity index is 787. The summed E-state index contributed by atoms with van der Waals surface area (Å²) >= 11 is 1.83. The SMILES string of the molecule is COc1cc(CNC(=O)CN2CCSc3ccccc32)cc(OC)c1OC. The Morgan fingerprint density at radius 3 is 2.48 bits per heavy atom. The minimum Gasteiger partial charge on any atom is -0.493 e. The van der Waals surface area contributed by atoms with Crippen molar-refractivity contribution in [1.29, 1.82) is 0 Å². The highest BCUT2D eigenvalue weighted by Gasteiger charge is 2.19. The third-order valence-electron chi connectivity index (χ3n) is 4.37. The second-order valence-electron chi connectivity index (χ2n) is 6.05. The summed E-state index contributed by atoms with van der Waals surface area (Å²) in [6, 6.07) is 11.9. The van der Waals surface area contributed by atoms with Crippen LogP contribution in [0.5, 0.6) is 17.2 Å². The van der Waals surface area contributed by atoms with Gasteiger partial charge in [-0.3, -0.25) is 4.79 Å². The van der Waals surface area contributed by atoms with Crippen LogP contribution in [0, 0.1) is 0 Å². The summed E-state index contributed by atoms with van der Waals surface area (Å²) in [6.07, 6.45) is 0. The lowest BCUT2D eigenvalue weighted by atomic mass is 10.1. The lowest BCUT2D eigenvalue weighted by Gasteiger charge is -2.30. The average molecular weight is 388 g/mol. The van der Waals surface area contributed by atoms with Gasteiger partial charge in [-0.1, -0.05) is 12.1 Å². The molecule has 144 valence electrons.